The second kappa shape index (κ2) is 8.99. The van der Waals surface area contributed by atoms with Gasteiger partial charge in [0.15, 0.2) is 0 Å². The number of carbonyl (C=O) groups excluding carboxylic acids is 1. The molecule has 0 atom stereocenters. The van der Waals surface area contributed by atoms with E-state index in [-0.39, 0.29) is 11.6 Å². The van der Waals surface area contributed by atoms with E-state index in [1.165, 1.54) is 11.8 Å². The first-order valence-corrected chi connectivity index (χ1v) is 9.26. The Morgan fingerprint density at radius 2 is 1.68 bits per heavy atom. The molecule has 0 radical (unpaired) electrons. The molecule has 0 aliphatic carbocycles. The van der Waals surface area contributed by atoms with Crippen LogP contribution in [0.15, 0.2) is 67.0 Å². The molecular formula is C22H25N5O. The summed E-state index contributed by atoms with van der Waals surface area (Å²) in [6, 6.07) is 17.8. The molecule has 3 aromatic rings. The third-order valence-corrected chi connectivity index (χ3v) is 4.43. The van der Waals surface area contributed by atoms with E-state index in [0.717, 1.165) is 30.3 Å². The van der Waals surface area contributed by atoms with E-state index in [1.807, 2.05) is 61.5 Å². The first kappa shape index (κ1) is 19.4. The molecule has 6 heteroatoms. The number of aromatic nitrogens is 2. The maximum absolute atomic E-state index is 12.4. The number of hydrogen-bond acceptors (Lipinski definition) is 5. The normalized spacial score (nSPS) is 10.4. The van der Waals surface area contributed by atoms with Crippen LogP contribution in [0.5, 0.6) is 0 Å². The van der Waals surface area contributed by atoms with Crippen molar-refractivity contribution < 1.29 is 4.79 Å². The predicted octanol–water partition coefficient (Wildman–Crippen LogP) is 3.82. The second-order valence-electron chi connectivity index (χ2n) is 6.66. The van der Waals surface area contributed by atoms with Gasteiger partial charge in [0, 0.05) is 38.6 Å². The van der Waals surface area contributed by atoms with E-state index in [2.05, 4.69) is 39.2 Å². The highest BCUT2D eigenvalue weighted by Crippen LogP contribution is 2.17. The van der Waals surface area contributed by atoms with Gasteiger partial charge in [-0.3, -0.25) is 4.79 Å². The molecule has 144 valence electrons. The molecule has 2 aromatic carbocycles. The van der Waals surface area contributed by atoms with Crippen LogP contribution >= 0.6 is 0 Å². The zero-order chi connectivity index (χ0) is 19.9. The average Bonchev–Trinajstić information content (AvgIpc) is 2.73. The van der Waals surface area contributed by atoms with Crippen molar-refractivity contribution in [2.75, 3.05) is 35.8 Å². The second-order valence-corrected chi connectivity index (χ2v) is 6.66. The van der Waals surface area contributed by atoms with Crippen molar-refractivity contribution in [2.45, 2.75) is 13.5 Å². The van der Waals surface area contributed by atoms with Crippen LogP contribution in [0.1, 0.15) is 23.0 Å². The van der Waals surface area contributed by atoms with Crippen molar-refractivity contribution in [3.63, 3.8) is 0 Å². The minimum atomic E-state index is -0.275. The Hall–Kier alpha value is -3.41. The highest BCUT2D eigenvalue weighted by molar-refractivity contribution is 6.02. The monoisotopic (exact) mass is 375 g/mol. The van der Waals surface area contributed by atoms with E-state index in [0.29, 0.717) is 0 Å². The SMILES string of the molecule is CCN(Cc1ccccc1)c1cnc(C(=O)Nc2ccc(N(C)C)cc2)cn1. The molecule has 0 unspecified atom stereocenters. The summed E-state index contributed by atoms with van der Waals surface area (Å²) in [6.45, 7) is 3.62. The Labute approximate surface area is 165 Å². The lowest BCUT2D eigenvalue weighted by Crippen LogP contribution is -2.24. The van der Waals surface area contributed by atoms with Crippen molar-refractivity contribution in [1.29, 1.82) is 0 Å². The van der Waals surface area contributed by atoms with Crippen molar-refractivity contribution in [1.82, 2.24) is 9.97 Å². The summed E-state index contributed by atoms with van der Waals surface area (Å²) >= 11 is 0. The highest BCUT2D eigenvalue weighted by Gasteiger charge is 2.12. The maximum atomic E-state index is 12.4. The summed E-state index contributed by atoms with van der Waals surface area (Å²) in [5, 5.41) is 2.85. The van der Waals surface area contributed by atoms with Gasteiger partial charge in [0.25, 0.3) is 5.91 Å². The van der Waals surface area contributed by atoms with Gasteiger partial charge in [-0.2, -0.15) is 0 Å². The molecule has 0 aliphatic rings. The van der Waals surface area contributed by atoms with Crippen LogP contribution in [-0.2, 0) is 6.54 Å². The Kier molecular flexibility index (Phi) is 6.22. The van der Waals surface area contributed by atoms with Gasteiger partial charge >= 0.3 is 0 Å². The maximum Gasteiger partial charge on any atom is 0.275 e. The molecule has 1 amide bonds. The lowest BCUT2D eigenvalue weighted by atomic mass is 10.2. The number of anilines is 3. The van der Waals surface area contributed by atoms with Crippen LogP contribution in [0.2, 0.25) is 0 Å². The Morgan fingerprint density at radius 3 is 2.25 bits per heavy atom. The predicted molar refractivity (Wildman–Crippen MR) is 114 cm³/mol. The van der Waals surface area contributed by atoms with Crippen LogP contribution in [0.25, 0.3) is 0 Å². The topological polar surface area (TPSA) is 61.4 Å². The fourth-order valence-corrected chi connectivity index (χ4v) is 2.80. The van der Waals surface area contributed by atoms with Gasteiger partial charge in [0.2, 0.25) is 0 Å². The highest BCUT2D eigenvalue weighted by atomic mass is 16.1. The number of amides is 1. The minimum Gasteiger partial charge on any atom is -0.378 e. The standard InChI is InChI=1S/C22H25N5O/c1-4-27(16-17-8-6-5-7-9-17)21-15-23-20(14-24-21)22(28)25-18-10-12-19(13-11-18)26(2)3/h5-15H,4,16H2,1-3H3,(H,25,28). The van der Waals surface area contributed by atoms with Crippen molar-refractivity contribution in [3.8, 4) is 0 Å². The van der Waals surface area contributed by atoms with E-state index in [4.69, 9.17) is 0 Å². The first-order chi connectivity index (χ1) is 13.6. The van der Waals surface area contributed by atoms with Crippen LogP contribution in [0.4, 0.5) is 17.2 Å². The molecule has 0 aliphatic heterocycles. The minimum absolute atomic E-state index is 0.275. The van der Waals surface area contributed by atoms with Gasteiger partial charge in [0.05, 0.1) is 12.4 Å². The third kappa shape index (κ3) is 4.85. The molecule has 0 bridgehead atoms. The summed E-state index contributed by atoms with van der Waals surface area (Å²) in [5.41, 5.74) is 3.28. The molecule has 0 fully saturated rings. The first-order valence-electron chi connectivity index (χ1n) is 9.26. The van der Waals surface area contributed by atoms with Crippen molar-refractivity contribution in [2.24, 2.45) is 0 Å². The molecular weight excluding hydrogens is 350 g/mol. The zero-order valence-electron chi connectivity index (χ0n) is 16.5. The van der Waals surface area contributed by atoms with Gasteiger partial charge in [-0.05, 0) is 36.8 Å². The molecule has 28 heavy (non-hydrogen) atoms. The smallest absolute Gasteiger partial charge is 0.275 e. The average molecular weight is 375 g/mol. The van der Waals surface area contributed by atoms with Crippen LogP contribution < -0.4 is 15.1 Å². The lowest BCUT2D eigenvalue weighted by molar-refractivity contribution is 0.102. The zero-order valence-corrected chi connectivity index (χ0v) is 16.5. The van der Waals surface area contributed by atoms with Crippen LogP contribution in [0, 0.1) is 0 Å². The lowest BCUT2D eigenvalue weighted by Gasteiger charge is -2.21. The van der Waals surface area contributed by atoms with Gasteiger partial charge in [-0.25, -0.2) is 9.97 Å². The summed E-state index contributed by atoms with van der Waals surface area (Å²) in [4.78, 5) is 25.3. The van der Waals surface area contributed by atoms with Gasteiger partial charge < -0.3 is 15.1 Å². The number of rotatable bonds is 7. The van der Waals surface area contributed by atoms with E-state index in [1.54, 1.807) is 6.20 Å². The third-order valence-electron chi connectivity index (χ3n) is 4.43. The number of nitrogens with one attached hydrogen (secondary N) is 1. The number of benzene rings is 2. The molecule has 1 aromatic heterocycles. The molecule has 6 nitrogen and oxygen atoms in total. The quantitative estimate of drug-likeness (QED) is 0.680. The van der Waals surface area contributed by atoms with Crippen LogP contribution in [-0.4, -0.2) is 36.5 Å². The van der Waals surface area contributed by atoms with Crippen LogP contribution in [0.3, 0.4) is 0 Å². The largest absolute Gasteiger partial charge is 0.378 e. The summed E-state index contributed by atoms with van der Waals surface area (Å²) in [5.74, 6) is 0.473. The molecule has 1 N–H and O–H groups in total. The van der Waals surface area contributed by atoms with Crippen molar-refractivity contribution in [3.05, 3.63) is 78.2 Å². The van der Waals surface area contributed by atoms with Gasteiger partial charge in [0.1, 0.15) is 11.5 Å². The fraction of sp³-hybridized carbons (Fsp3) is 0.227. The number of hydrogen-bond donors (Lipinski definition) is 1. The Bertz CT molecular complexity index is 892. The van der Waals surface area contributed by atoms with E-state index in [9.17, 15) is 4.79 Å². The van der Waals surface area contributed by atoms with Gasteiger partial charge in [-0.1, -0.05) is 30.3 Å². The number of carbonyl (C=O) groups is 1. The number of nitrogens with zero attached hydrogens (tertiary/aromatic N) is 4. The van der Waals surface area contributed by atoms with E-state index < -0.39 is 0 Å². The fourth-order valence-electron chi connectivity index (χ4n) is 2.80. The summed E-state index contributed by atoms with van der Waals surface area (Å²) in [7, 11) is 3.95. The molecule has 1 heterocycles. The molecule has 0 saturated carbocycles. The molecule has 0 saturated heterocycles. The summed E-state index contributed by atoms with van der Waals surface area (Å²) in [6.07, 6.45) is 3.17. The molecule has 3 rings (SSSR count). The summed E-state index contributed by atoms with van der Waals surface area (Å²) < 4.78 is 0. The van der Waals surface area contributed by atoms with Gasteiger partial charge in [-0.15, -0.1) is 0 Å². The van der Waals surface area contributed by atoms with Crippen molar-refractivity contribution >= 4 is 23.1 Å². The molecule has 0 spiro atoms. The van der Waals surface area contributed by atoms with E-state index >= 15 is 0 Å². The Morgan fingerprint density at radius 1 is 0.964 bits per heavy atom. The Balaban J connectivity index is 1.66.